The van der Waals surface area contributed by atoms with E-state index in [9.17, 15) is 0 Å². The summed E-state index contributed by atoms with van der Waals surface area (Å²) in [6, 6.07) is 0. The molecule has 1 heterocycles. The Balaban J connectivity index is 1.93. The molecule has 0 atom stereocenters. The highest BCUT2D eigenvalue weighted by atomic mass is 16.5. The topological polar surface area (TPSA) is 9.23 Å². The molecule has 0 spiro atoms. The molecule has 0 aliphatic carbocycles. The maximum atomic E-state index is 4.96. The van der Waals surface area contributed by atoms with Crippen LogP contribution in [0.2, 0.25) is 0 Å². The summed E-state index contributed by atoms with van der Waals surface area (Å²) in [6.45, 7) is 5.72. The second-order valence-corrected chi connectivity index (χ2v) is 2.05. The van der Waals surface area contributed by atoms with E-state index < -0.39 is 0 Å². The highest BCUT2D eigenvalue weighted by Crippen LogP contribution is 2.14. The van der Waals surface area contributed by atoms with Gasteiger partial charge in [-0.25, -0.2) is 0 Å². The van der Waals surface area contributed by atoms with Gasteiger partial charge >= 0.3 is 0 Å². The zero-order chi connectivity index (χ0) is 5.11. The molecule has 0 saturated carbocycles. The minimum atomic E-state index is 0.845. The first kappa shape index (κ1) is 5.10. The van der Waals surface area contributed by atoms with Crippen molar-refractivity contribution < 1.29 is 4.74 Å². The van der Waals surface area contributed by atoms with Gasteiger partial charge < -0.3 is 4.74 Å². The Kier molecular flexibility index (Phi) is 1.69. The van der Waals surface area contributed by atoms with Crippen LogP contribution >= 0.6 is 0 Å². The summed E-state index contributed by atoms with van der Waals surface area (Å²) in [7, 11) is 0. The molecule has 0 amide bonds. The van der Waals surface area contributed by atoms with Crippen molar-refractivity contribution in [2.24, 2.45) is 5.92 Å². The first-order chi connectivity index (χ1) is 3.43. The van der Waals surface area contributed by atoms with Crippen molar-refractivity contribution in [2.45, 2.75) is 12.8 Å². The molecule has 0 unspecified atom stereocenters. The Morgan fingerprint density at radius 3 is 2.43 bits per heavy atom. The largest absolute Gasteiger partial charge is 0.381 e. The molecule has 1 heteroatoms. The van der Waals surface area contributed by atoms with Gasteiger partial charge in [0.2, 0.25) is 0 Å². The predicted octanol–water partition coefficient (Wildman–Crippen LogP) is 1.25. The molecule has 0 aromatic carbocycles. The molecule has 1 aliphatic heterocycles. The Morgan fingerprint density at radius 2 is 2.29 bits per heavy atom. The summed E-state index contributed by atoms with van der Waals surface area (Å²) in [5.74, 6) is 0.845. The fourth-order valence-electron chi connectivity index (χ4n) is 0.740. The van der Waals surface area contributed by atoms with Gasteiger partial charge in [0.15, 0.2) is 0 Å². The van der Waals surface area contributed by atoms with Crippen molar-refractivity contribution in [2.75, 3.05) is 13.2 Å². The lowest BCUT2D eigenvalue weighted by atomic mass is 10.0. The van der Waals surface area contributed by atoms with Crippen LogP contribution in [0.5, 0.6) is 0 Å². The van der Waals surface area contributed by atoms with E-state index in [1.165, 1.54) is 6.42 Å². The standard InChI is InChI=1S/C6H11O/c1-2-3-6-4-7-5-6/h6H,1-5H2. The molecule has 1 saturated heterocycles. The van der Waals surface area contributed by atoms with E-state index in [-0.39, 0.29) is 0 Å². The van der Waals surface area contributed by atoms with Gasteiger partial charge in [0.1, 0.15) is 0 Å². The van der Waals surface area contributed by atoms with Gasteiger partial charge in [-0.3, -0.25) is 0 Å². The van der Waals surface area contributed by atoms with Gasteiger partial charge in [0.05, 0.1) is 13.2 Å². The maximum Gasteiger partial charge on any atom is 0.0516 e. The average molecular weight is 99.2 g/mol. The van der Waals surface area contributed by atoms with E-state index in [0.29, 0.717) is 0 Å². The van der Waals surface area contributed by atoms with Crippen molar-refractivity contribution in [1.29, 1.82) is 0 Å². The van der Waals surface area contributed by atoms with E-state index >= 15 is 0 Å². The van der Waals surface area contributed by atoms with Crippen molar-refractivity contribution >= 4 is 0 Å². The molecule has 0 bridgehead atoms. The van der Waals surface area contributed by atoms with Crippen molar-refractivity contribution in [3.05, 3.63) is 6.92 Å². The molecule has 1 nitrogen and oxygen atoms in total. The molecule has 1 aliphatic rings. The SMILES string of the molecule is [CH2]CCC1COC1. The first-order valence-electron chi connectivity index (χ1n) is 2.80. The zero-order valence-electron chi connectivity index (χ0n) is 4.52. The smallest absolute Gasteiger partial charge is 0.0516 e. The van der Waals surface area contributed by atoms with Crippen LogP contribution in [-0.2, 0) is 4.74 Å². The summed E-state index contributed by atoms with van der Waals surface area (Å²) >= 11 is 0. The lowest BCUT2D eigenvalue weighted by Gasteiger charge is -2.24. The van der Waals surface area contributed by atoms with Gasteiger partial charge in [0, 0.05) is 5.92 Å². The first-order valence-corrected chi connectivity index (χ1v) is 2.80. The third-order valence-electron chi connectivity index (χ3n) is 1.32. The van der Waals surface area contributed by atoms with E-state index in [1.807, 2.05) is 0 Å². The molecule has 1 radical (unpaired) electrons. The average Bonchev–Trinajstić information content (AvgIpc) is 1.55. The second-order valence-electron chi connectivity index (χ2n) is 2.05. The van der Waals surface area contributed by atoms with Crippen molar-refractivity contribution in [3.8, 4) is 0 Å². The predicted molar refractivity (Wildman–Crippen MR) is 28.9 cm³/mol. The zero-order valence-corrected chi connectivity index (χ0v) is 4.52. The van der Waals surface area contributed by atoms with Gasteiger partial charge in [-0.1, -0.05) is 13.3 Å². The summed E-state index contributed by atoms with van der Waals surface area (Å²) < 4.78 is 4.96. The summed E-state index contributed by atoms with van der Waals surface area (Å²) in [6.07, 6.45) is 2.31. The molecule has 0 aromatic rings. The number of ether oxygens (including phenoxy) is 1. The molecule has 41 valence electrons. The summed E-state index contributed by atoms with van der Waals surface area (Å²) in [4.78, 5) is 0. The highest BCUT2D eigenvalue weighted by molar-refractivity contribution is 4.64. The summed E-state index contributed by atoms with van der Waals surface area (Å²) in [5.41, 5.74) is 0. The third kappa shape index (κ3) is 1.16. The van der Waals surface area contributed by atoms with Crippen LogP contribution < -0.4 is 0 Å². The van der Waals surface area contributed by atoms with Crippen molar-refractivity contribution in [3.63, 3.8) is 0 Å². The fourth-order valence-corrected chi connectivity index (χ4v) is 0.740. The van der Waals surface area contributed by atoms with Crippen LogP contribution in [0.1, 0.15) is 12.8 Å². The van der Waals surface area contributed by atoms with E-state index in [0.717, 1.165) is 25.6 Å². The fraction of sp³-hybridized carbons (Fsp3) is 0.833. The molecular formula is C6H11O. The van der Waals surface area contributed by atoms with Crippen LogP contribution in [0.4, 0.5) is 0 Å². The monoisotopic (exact) mass is 99.1 g/mol. The number of hydrogen-bond acceptors (Lipinski definition) is 1. The Labute approximate surface area is 44.7 Å². The normalized spacial score (nSPS) is 21.9. The molecule has 1 rings (SSSR count). The lowest BCUT2D eigenvalue weighted by Crippen LogP contribution is -2.26. The Hall–Kier alpha value is -0.0400. The third-order valence-corrected chi connectivity index (χ3v) is 1.32. The van der Waals surface area contributed by atoms with E-state index in [4.69, 9.17) is 4.74 Å². The molecule has 0 N–H and O–H groups in total. The summed E-state index contributed by atoms with van der Waals surface area (Å²) in [5, 5.41) is 0. The van der Waals surface area contributed by atoms with Crippen LogP contribution in [-0.4, -0.2) is 13.2 Å². The van der Waals surface area contributed by atoms with Crippen LogP contribution in [0.15, 0.2) is 0 Å². The number of hydrogen-bond donors (Lipinski definition) is 0. The van der Waals surface area contributed by atoms with Gasteiger partial charge in [-0.05, 0) is 6.42 Å². The quantitative estimate of drug-likeness (QED) is 0.506. The molecule has 1 fully saturated rings. The Bertz CT molecular complexity index is 48.1. The molecule has 0 aromatic heterocycles. The molecule has 7 heavy (non-hydrogen) atoms. The molecular weight excluding hydrogens is 88.1 g/mol. The van der Waals surface area contributed by atoms with Crippen molar-refractivity contribution in [1.82, 2.24) is 0 Å². The minimum absolute atomic E-state index is 0.845. The highest BCUT2D eigenvalue weighted by Gasteiger charge is 2.15. The van der Waals surface area contributed by atoms with Crippen LogP contribution in [0, 0.1) is 12.8 Å². The van der Waals surface area contributed by atoms with Crippen LogP contribution in [0.3, 0.4) is 0 Å². The maximum absolute atomic E-state index is 4.96. The minimum Gasteiger partial charge on any atom is -0.381 e. The van der Waals surface area contributed by atoms with Gasteiger partial charge in [0.25, 0.3) is 0 Å². The van der Waals surface area contributed by atoms with E-state index in [2.05, 4.69) is 6.92 Å². The lowest BCUT2D eigenvalue weighted by molar-refractivity contribution is -0.0350. The van der Waals surface area contributed by atoms with Gasteiger partial charge in [-0.15, -0.1) is 0 Å². The van der Waals surface area contributed by atoms with Crippen LogP contribution in [0.25, 0.3) is 0 Å². The second kappa shape index (κ2) is 2.31. The van der Waals surface area contributed by atoms with E-state index in [1.54, 1.807) is 0 Å². The van der Waals surface area contributed by atoms with Gasteiger partial charge in [-0.2, -0.15) is 0 Å². The number of rotatable bonds is 2. The Morgan fingerprint density at radius 1 is 1.57 bits per heavy atom.